The molecule has 11 heteroatoms. The second kappa shape index (κ2) is 10.3. The van der Waals surface area contributed by atoms with Crippen LogP contribution in [0.5, 0.6) is 5.88 Å². The van der Waals surface area contributed by atoms with Crippen LogP contribution >= 0.6 is 0 Å². The van der Waals surface area contributed by atoms with Crippen molar-refractivity contribution in [1.29, 1.82) is 0 Å². The van der Waals surface area contributed by atoms with Gasteiger partial charge in [0.25, 0.3) is 0 Å². The Morgan fingerprint density at radius 3 is 2.56 bits per heavy atom. The Hall–Kier alpha value is -3.31. The van der Waals surface area contributed by atoms with Gasteiger partial charge in [-0.1, -0.05) is 6.92 Å². The average molecular weight is 556 g/mol. The van der Waals surface area contributed by atoms with Crippen molar-refractivity contribution >= 4 is 38.2 Å². The quantitative estimate of drug-likeness (QED) is 0.363. The second-order valence-electron chi connectivity index (χ2n) is 11.3. The summed E-state index contributed by atoms with van der Waals surface area (Å²) in [6.45, 7) is 11.2. The van der Waals surface area contributed by atoms with Crippen molar-refractivity contribution in [3.05, 3.63) is 47.4 Å². The zero-order valence-electron chi connectivity index (χ0n) is 23.5. The SMILES string of the molecule is CC[C@@](C)(N)c1cnc(O[C@H](C)C[C@@H](C)S(C)(=O)=O)c2cnc(Nc3ccc4c(n3)CC(C)(C)OC4=O)cc12. The van der Waals surface area contributed by atoms with Crippen molar-refractivity contribution in [1.82, 2.24) is 15.0 Å². The van der Waals surface area contributed by atoms with Crippen molar-refractivity contribution in [3.8, 4) is 5.88 Å². The molecule has 0 saturated heterocycles. The van der Waals surface area contributed by atoms with Gasteiger partial charge in [-0.2, -0.15) is 0 Å². The molecule has 3 aromatic heterocycles. The first kappa shape index (κ1) is 28.7. The highest BCUT2D eigenvalue weighted by molar-refractivity contribution is 7.91. The van der Waals surface area contributed by atoms with Crippen LogP contribution in [0.25, 0.3) is 10.8 Å². The van der Waals surface area contributed by atoms with E-state index in [1.165, 1.54) is 6.26 Å². The fourth-order valence-corrected chi connectivity index (χ4v) is 5.19. The molecule has 4 heterocycles. The van der Waals surface area contributed by atoms with Gasteiger partial charge in [-0.05, 0) is 70.2 Å². The standard InChI is InChI=1S/C28H37N5O5S/c1-8-28(6,29)21-15-31-25(37-16(2)11-17(3)39(7,35)36)20-14-30-24(12-19(20)21)33-23-10-9-18-22(32-23)13-27(4,5)38-26(18)34/h9-10,12,14-17H,8,11,13,29H2,1-7H3,(H,30,32,33)/t16-,17-,28-/m1/s1. The zero-order valence-corrected chi connectivity index (χ0v) is 24.3. The minimum Gasteiger partial charge on any atom is -0.474 e. The monoisotopic (exact) mass is 555 g/mol. The Labute approximate surface area is 229 Å². The Bertz CT molecular complexity index is 1520. The molecule has 0 amide bonds. The van der Waals surface area contributed by atoms with E-state index in [0.717, 1.165) is 10.9 Å². The molecular weight excluding hydrogens is 518 g/mol. The highest BCUT2D eigenvalue weighted by Crippen LogP contribution is 2.35. The van der Waals surface area contributed by atoms with Crippen molar-refractivity contribution in [3.63, 3.8) is 0 Å². The molecule has 0 saturated carbocycles. The highest BCUT2D eigenvalue weighted by atomic mass is 32.2. The van der Waals surface area contributed by atoms with Gasteiger partial charge in [-0.3, -0.25) is 0 Å². The Balaban J connectivity index is 1.70. The molecule has 0 radical (unpaired) electrons. The van der Waals surface area contributed by atoms with Gasteiger partial charge in [-0.15, -0.1) is 0 Å². The normalized spacial score (nSPS) is 18.0. The number of hydrogen-bond acceptors (Lipinski definition) is 10. The van der Waals surface area contributed by atoms with Crippen LogP contribution in [0, 0.1) is 0 Å². The second-order valence-corrected chi connectivity index (χ2v) is 13.8. The summed E-state index contributed by atoms with van der Waals surface area (Å²) < 4.78 is 35.4. The van der Waals surface area contributed by atoms with Crippen LogP contribution in [-0.4, -0.2) is 52.5 Å². The van der Waals surface area contributed by atoms with Gasteiger partial charge < -0.3 is 20.5 Å². The van der Waals surface area contributed by atoms with Gasteiger partial charge in [0.2, 0.25) is 5.88 Å². The van der Waals surface area contributed by atoms with Crippen LogP contribution in [0.2, 0.25) is 0 Å². The molecule has 210 valence electrons. The van der Waals surface area contributed by atoms with Gasteiger partial charge in [0.15, 0.2) is 0 Å². The number of ether oxygens (including phenoxy) is 2. The van der Waals surface area contributed by atoms with Crippen LogP contribution in [0.3, 0.4) is 0 Å². The molecule has 0 aliphatic carbocycles. The van der Waals surface area contributed by atoms with Gasteiger partial charge in [0, 0.05) is 37.0 Å². The molecule has 3 N–H and O–H groups in total. The third kappa shape index (κ3) is 6.30. The molecule has 1 aliphatic heterocycles. The molecule has 1 aliphatic rings. The minimum absolute atomic E-state index is 0.328. The number of carbonyl (C=O) groups excluding carboxylic acids is 1. The lowest BCUT2D eigenvalue weighted by Crippen LogP contribution is -2.36. The van der Waals surface area contributed by atoms with E-state index in [9.17, 15) is 13.2 Å². The molecule has 0 bridgehead atoms. The fraction of sp³-hybridized carbons (Fsp3) is 0.500. The van der Waals surface area contributed by atoms with Crippen molar-refractivity contribution in [2.45, 2.75) is 83.3 Å². The summed E-state index contributed by atoms with van der Waals surface area (Å²) in [4.78, 5) is 26.1. The van der Waals surface area contributed by atoms with E-state index in [0.29, 0.717) is 53.4 Å². The fourth-order valence-electron chi connectivity index (χ4n) is 4.57. The molecule has 0 fully saturated rings. The highest BCUT2D eigenvalue weighted by Gasteiger charge is 2.33. The maximum absolute atomic E-state index is 12.3. The van der Waals surface area contributed by atoms with Crippen LogP contribution in [0.4, 0.5) is 11.6 Å². The van der Waals surface area contributed by atoms with Crippen molar-refractivity contribution in [2.24, 2.45) is 5.73 Å². The number of anilines is 2. The predicted molar refractivity (Wildman–Crippen MR) is 151 cm³/mol. The van der Waals surface area contributed by atoms with E-state index in [1.54, 1.807) is 31.5 Å². The molecule has 39 heavy (non-hydrogen) atoms. The maximum Gasteiger partial charge on any atom is 0.340 e. The number of nitrogens with two attached hydrogens (primary N) is 1. The summed E-state index contributed by atoms with van der Waals surface area (Å²) in [6.07, 6.45) is 5.72. The number of cyclic esters (lactones) is 1. The van der Waals surface area contributed by atoms with E-state index in [1.807, 2.05) is 40.7 Å². The first-order valence-electron chi connectivity index (χ1n) is 13.0. The number of aromatic nitrogens is 3. The number of carbonyl (C=O) groups is 1. The first-order valence-corrected chi connectivity index (χ1v) is 15.0. The maximum atomic E-state index is 12.3. The topological polar surface area (TPSA) is 146 Å². The molecule has 10 nitrogen and oxygen atoms in total. The Morgan fingerprint density at radius 1 is 1.18 bits per heavy atom. The smallest absolute Gasteiger partial charge is 0.340 e. The van der Waals surface area contributed by atoms with Crippen molar-refractivity contribution < 1.29 is 22.7 Å². The lowest BCUT2D eigenvalue weighted by atomic mass is 9.88. The lowest BCUT2D eigenvalue weighted by Gasteiger charge is -2.30. The molecule has 3 aromatic rings. The molecular formula is C28H37N5O5S. The Kier molecular flexibility index (Phi) is 7.61. The Morgan fingerprint density at radius 2 is 1.90 bits per heavy atom. The van der Waals surface area contributed by atoms with E-state index in [2.05, 4.69) is 20.3 Å². The zero-order chi connectivity index (χ0) is 28.8. The largest absolute Gasteiger partial charge is 0.474 e. The van der Waals surface area contributed by atoms with E-state index in [-0.39, 0.29) is 12.1 Å². The summed E-state index contributed by atoms with van der Waals surface area (Å²) in [5, 5.41) is 4.19. The van der Waals surface area contributed by atoms with E-state index < -0.39 is 26.2 Å². The van der Waals surface area contributed by atoms with Gasteiger partial charge in [-0.25, -0.2) is 28.2 Å². The van der Waals surface area contributed by atoms with Gasteiger partial charge in [0.05, 0.1) is 28.0 Å². The predicted octanol–water partition coefficient (Wildman–Crippen LogP) is 4.43. The van der Waals surface area contributed by atoms with Crippen LogP contribution in [-0.2, 0) is 26.5 Å². The number of hydrogen-bond donors (Lipinski definition) is 2. The third-order valence-electron chi connectivity index (χ3n) is 7.21. The lowest BCUT2D eigenvalue weighted by molar-refractivity contribution is -0.00714. The molecule has 0 spiro atoms. The number of pyridine rings is 3. The number of nitrogens with zero attached hydrogens (tertiary/aromatic N) is 3. The summed E-state index contributed by atoms with van der Waals surface area (Å²) in [5.41, 5.74) is 7.31. The third-order valence-corrected chi connectivity index (χ3v) is 8.86. The van der Waals surface area contributed by atoms with Crippen LogP contribution < -0.4 is 15.8 Å². The van der Waals surface area contributed by atoms with E-state index >= 15 is 0 Å². The number of nitrogens with one attached hydrogen (secondary N) is 1. The summed E-state index contributed by atoms with van der Waals surface area (Å²) in [5.74, 6) is 1.07. The van der Waals surface area contributed by atoms with Crippen LogP contribution in [0.1, 0.15) is 76.0 Å². The number of fused-ring (bicyclic) bond motifs is 2. The first-order chi connectivity index (χ1) is 18.1. The molecule has 0 aromatic carbocycles. The summed E-state index contributed by atoms with van der Waals surface area (Å²) >= 11 is 0. The molecule has 3 atom stereocenters. The minimum atomic E-state index is -3.18. The number of rotatable bonds is 9. The van der Waals surface area contributed by atoms with Gasteiger partial charge >= 0.3 is 5.97 Å². The molecule has 4 rings (SSSR count). The van der Waals surface area contributed by atoms with E-state index in [4.69, 9.17) is 15.2 Å². The number of sulfone groups is 1. The molecule has 0 unspecified atom stereocenters. The number of esters is 1. The van der Waals surface area contributed by atoms with Crippen LogP contribution in [0.15, 0.2) is 30.6 Å². The van der Waals surface area contributed by atoms with Gasteiger partial charge in [0.1, 0.15) is 27.1 Å². The summed E-state index contributed by atoms with van der Waals surface area (Å²) in [6, 6.07) is 5.30. The van der Waals surface area contributed by atoms with Crippen molar-refractivity contribution in [2.75, 3.05) is 11.6 Å². The summed E-state index contributed by atoms with van der Waals surface area (Å²) in [7, 11) is -3.18. The average Bonchev–Trinajstić information content (AvgIpc) is 2.82.